The summed E-state index contributed by atoms with van der Waals surface area (Å²) in [5.41, 5.74) is -0.836. The summed E-state index contributed by atoms with van der Waals surface area (Å²) in [7, 11) is 2.18. The van der Waals surface area contributed by atoms with Crippen LogP contribution in [0.3, 0.4) is 0 Å². The number of alkyl carbamates (subject to hydrolysis) is 1. The van der Waals surface area contributed by atoms with E-state index in [-0.39, 0.29) is 6.42 Å². The normalized spacial score (nSPS) is 12.9. The van der Waals surface area contributed by atoms with Crippen molar-refractivity contribution in [3.8, 4) is 0 Å². The molecule has 0 aliphatic rings. The molecule has 0 saturated carbocycles. The van der Waals surface area contributed by atoms with Crippen LogP contribution in [0.1, 0.15) is 40.0 Å². The topological polar surface area (TPSA) is 157 Å². The smallest absolute Gasteiger partial charge is 0.408 e. The first kappa shape index (κ1) is 24.1. The van der Waals surface area contributed by atoms with Crippen LogP contribution in [0.15, 0.2) is 0 Å². The van der Waals surface area contributed by atoms with Crippen molar-refractivity contribution in [2.24, 2.45) is 0 Å². The standard InChI is InChI=1S/C16H26N2O9/c1-16(2,3)27-15(24)18-9(6-7-11(19)20)13(22)17-10(14(23)26-5)8-12(21)25-4/h9-10H,6-8H2,1-5H3,(H,17,22)(H,18,24)(H,19,20). The van der Waals surface area contributed by atoms with Gasteiger partial charge in [-0.1, -0.05) is 0 Å². The fourth-order valence-corrected chi connectivity index (χ4v) is 1.84. The second-order valence-corrected chi connectivity index (χ2v) is 6.50. The van der Waals surface area contributed by atoms with Gasteiger partial charge in [-0.2, -0.15) is 0 Å². The van der Waals surface area contributed by atoms with Crippen molar-refractivity contribution < 1.29 is 43.3 Å². The van der Waals surface area contributed by atoms with E-state index in [1.807, 2.05) is 0 Å². The summed E-state index contributed by atoms with van der Waals surface area (Å²) in [5, 5.41) is 13.3. The molecule has 2 unspecified atom stereocenters. The lowest BCUT2D eigenvalue weighted by molar-refractivity contribution is -0.150. The molecule has 0 heterocycles. The van der Waals surface area contributed by atoms with Gasteiger partial charge in [-0.3, -0.25) is 14.4 Å². The van der Waals surface area contributed by atoms with Gasteiger partial charge in [-0.25, -0.2) is 9.59 Å². The summed E-state index contributed by atoms with van der Waals surface area (Å²) in [4.78, 5) is 58.2. The third-order valence-corrected chi connectivity index (χ3v) is 3.05. The molecule has 0 aromatic rings. The fourth-order valence-electron chi connectivity index (χ4n) is 1.84. The Hall–Kier alpha value is -2.85. The lowest BCUT2D eigenvalue weighted by atomic mass is 10.1. The van der Waals surface area contributed by atoms with E-state index in [2.05, 4.69) is 20.1 Å². The summed E-state index contributed by atoms with van der Waals surface area (Å²) in [6, 6.07) is -2.66. The number of carbonyl (C=O) groups is 5. The van der Waals surface area contributed by atoms with Gasteiger partial charge in [0.2, 0.25) is 5.91 Å². The van der Waals surface area contributed by atoms with Gasteiger partial charge >= 0.3 is 24.0 Å². The van der Waals surface area contributed by atoms with E-state index >= 15 is 0 Å². The molecular weight excluding hydrogens is 364 g/mol. The van der Waals surface area contributed by atoms with E-state index in [0.717, 1.165) is 14.2 Å². The molecule has 154 valence electrons. The van der Waals surface area contributed by atoms with Gasteiger partial charge in [-0.15, -0.1) is 0 Å². The maximum Gasteiger partial charge on any atom is 0.408 e. The molecule has 0 aliphatic carbocycles. The van der Waals surface area contributed by atoms with E-state index < -0.39 is 60.4 Å². The van der Waals surface area contributed by atoms with Gasteiger partial charge in [-0.05, 0) is 27.2 Å². The zero-order chi connectivity index (χ0) is 21.2. The minimum atomic E-state index is -1.36. The molecule has 2 atom stereocenters. The second-order valence-electron chi connectivity index (χ2n) is 6.50. The number of methoxy groups -OCH3 is 2. The average Bonchev–Trinajstić information content (AvgIpc) is 2.54. The second kappa shape index (κ2) is 11.0. The predicted molar refractivity (Wildman–Crippen MR) is 90.6 cm³/mol. The zero-order valence-corrected chi connectivity index (χ0v) is 16.0. The number of amides is 2. The first-order valence-corrected chi connectivity index (χ1v) is 8.06. The molecule has 0 aliphatic heterocycles. The Labute approximate surface area is 156 Å². The van der Waals surface area contributed by atoms with E-state index in [9.17, 15) is 24.0 Å². The molecule has 0 spiro atoms. The van der Waals surface area contributed by atoms with Gasteiger partial charge < -0.3 is 30.0 Å². The summed E-state index contributed by atoms with van der Waals surface area (Å²) >= 11 is 0. The fraction of sp³-hybridized carbons (Fsp3) is 0.688. The number of esters is 2. The molecule has 0 fully saturated rings. The maximum atomic E-state index is 12.4. The highest BCUT2D eigenvalue weighted by molar-refractivity contribution is 5.91. The number of hydrogen-bond donors (Lipinski definition) is 3. The first-order chi connectivity index (χ1) is 12.4. The molecular formula is C16H26N2O9. The molecule has 3 N–H and O–H groups in total. The van der Waals surface area contributed by atoms with Crippen molar-refractivity contribution in [3.63, 3.8) is 0 Å². The molecule has 0 aromatic heterocycles. The zero-order valence-electron chi connectivity index (χ0n) is 16.0. The Balaban J connectivity index is 5.21. The van der Waals surface area contributed by atoms with Crippen molar-refractivity contribution in [3.05, 3.63) is 0 Å². The van der Waals surface area contributed by atoms with Crippen LogP contribution in [-0.4, -0.2) is 66.9 Å². The Morgan fingerprint density at radius 2 is 1.56 bits per heavy atom. The monoisotopic (exact) mass is 390 g/mol. The number of hydrogen-bond acceptors (Lipinski definition) is 8. The lowest BCUT2D eigenvalue weighted by Gasteiger charge is -2.24. The summed E-state index contributed by atoms with van der Waals surface area (Å²) in [6.07, 6.45) is -2.11. The average molecular weight is 390 g/mol. The quantitative estimate of drug-likeness (QED) is 0.363. The molecule has 2 amide bonds. The van der Waals surface area contributed by atoms with Crippen molar-refractivity contribution in [1.82, 2.24) is 10.6 Å². The van der Waals surface area contributed by atoms with Crippen LogP contribution in [0, 0.1) is 0 Å². The molecule has 0 saturated heterocycles. The minimum Gasteiger partial charge on any atom is -0.481 e. The van der Waals surface area contributed by atoms with Crippen LogP contribution in [0.2, 0.25) is 0 Å². The molecule has 11 nitrogen and oxygen atoms in total. The summed E-state index contributed by atoms with van der Waals surface area (Å²) < 4.78 is 14.0. The number of nitrogens with one attached hydrogen (secondary N) is 2. The van der Waals surface area contributed by atoms with Gasteiger partial charge in [0.1, 0.15) is 17.7 Å². The SMILES string of the molecule is COC(=O)CC(NC(=O)C(CCC(=O)O)NC(=O)OC(C)(C)C)C(=O)OC. The van der Waals surface area contributed by atoms with Crippen LogP contribution in [0.4, 0.5) is 4.79 Å². The number of aliphatic carboxylic acids is 1. The van der Waals surface area contributed by atoms with E-state index in [0.29, 0.717) is 0 Å². The number of carboxylic acids is 1. The van der Waals surface area contributed by atoms with Crippen molar-refractivity contribution in [2.45, 2.75) is 57.7 Å². The first-order valence-electron chi connectivity index (χ1n) is 8.06. The number of rotatable bonds is 9. The minimum absolute atomic E-state index is 0.257. The Morgan fingerprint density at radius 3 is 2.00 bits per heavy atom. The van der Waals surface area contributed by atoms with E-state index in [1.165, 1.54) is 0 Å². The summed E-state index contributed by atoms with van der Waals surface area (Å²) in [6.45, 7) is 4.84. The third-order valence-electron chi connectivity index (χ3n) is 3.05. The largest absolute Gasteiger partial charge is 0.481 e. The lowest BCUT2D eigenvalue weighted by Crippen LogP contribution is -2.53. The van der Waals surface area contributed by atoms with Crippen LogP contribution in [0.25, 0.3) is 0 Å². The maximum absolute atomic E-state index is 12.4. The number of carbonyl (C=O) groups excluding carboxylic acids is 4. The Morgan fingerprint density at radius 1 is 0.963 bits per heavy atom. The molecule has 27 heavy (non-hydrogen) atoms. The summed E-state index contributed by atoms with van der Waals surface area (Å²) in [5.74, 6) is -3.73. The Bertz CT molecular complexity index is 569. The van der Waals surface area contributed by atoms with E-state index in [4.69, 9.17) is 9.84 Å². The predicted octanol–water partition coefficient (Wildman–Crippen LogP) is -0.0346. The molecule has 0 rings (SSSR count). The highest BCUT2D eigenvalue weighted by Gasteiger charge is 2.30. The van der Waals surface area contributed by atoms with Crippen molar-refractivity contribution >= 4 is 29.9 Å². The van der Waals surface area contributed by atoms with Gasteiger partial charge in [0, 0.05) is 6.42 Å². The highest BCUT2D eigenvalue weighted by Crippen LogP contribution is 2.08. The van der Waals surface area contributed by atoms with Crippen LogP contribution >= 0.6 is 0 Å². The Kier molecular flexibility index (Phi) is 9.83. The third kappa shape index (κ3) is 10.7. The van der Waals surface area contributed by atoms with Crippen LogP contribution < -0.4 is 10.6 Å². The molecule has 0 aromatic carbocycles. The number of ether oxygens (including phenoxy) is 3. The van der Waals surface area contributed by atoms with Gasteiger partial charge in [0.05, 0.1) is 20.6 Å². The molecule has 0 bridgehead atoms. The van der Waals surface area contributed by atoms with Crippen LogP contribution in [-0.2, 0) is 33.4 Å². The van der Waals surface area contributed by atoms with E-state index in [1.54, 1.807) is 20.8 Å². The molecule has 11 heteroatoms. The van der Waals surface area contributed by atoms with Crippen molar-refractivity contribution in [1.29, 1.82) is 0 Å². The number of carboxylic acid groups (broad SMARTS) is 1. The van der Waals surface area contributed by atoms with Gasteiger partial charge in [0.15, 0.2) is 0 Å². The molecule has 0 radical (unpaired) electrons. The van der Waals surface area contributed by atoms with Crippen LogP contribution in [0.5, 0.6) is 0 Å². The highest BCUT2D eigenvalue weighted by atomic mass is 16.6. The van der Waals surface area contributed by atoms with Crippen molar-refractivity contribution in [2.75, 3.05) is 14.2 Å². The van der Waals surface area contributed by atoms with Gasteiger partial charge in [0.25, 0.3) is 0 Å².